The molecule has 3 nitrogen and oxygen atoms in total. The summed E-state index contributed by atoms with van der Waals surface area (Å²) in [5.41, 5.74) is 5.10. The highest BCUT2D eigenvalue weighted by Crippen LogP contribution is 2.32. The van der Waals surface area contributed by atoms with E-state index in [1.54, 1.807) is 6.07 Å². The Morgan fingerprint density at radius 1 is 1.08 bits per heavy atom. The zero-order valence-corrected chi connectivity index (χ0v) is 15.5. The molecule has 0 saturated carbocycles. The van der Waals surface area contributed by atoms with Crippen LogP contribution in [0, 0.1) is 5.92 Å². The van der Waals surface area contributed by atoms with Gasteiger partial charge in [0.2, 0.25) is 0 Å². The molecule has 0 unspecified atom stereocenters. The third-order valence-electron chi connectivity index (χ3n) is 4.87. The maximum atomic E-state index is 13.0. The van der Waals surface area contributed by atoms with Crippen LogP contribution >= 0.6 is 0 Å². The van der Waals surface area contributed by atoms with Crippen LogP contribution in [0.2, 0.25) is 0 Å². The molecule has 0 aliphatic carbocycles. The first kappa shape index (κ1) is 17.5. The number of benzene rings is 2. The van der Waals surface area contributed by atoms with Crippen LogP contribution in [0.5, 0.6) is 5.75 Å². The van der Waals surface area contributed by atoms with Crippen LogP contribution in [0.1, 0.15) is 66.2 Å². The molecule has 25 heavy (non-hydrogen) atoms. The van der Waals surface area contributed by atoms with Gasteiger partial charge in [-0.1, -0.05) is 52.0 Å². The molecular weight excluding hydrogens is 310 g/mol. The van der Waals surface area contributed by atoms with Gasteiger partial charge in [-0.25, -0.2) is 0 Å². The summed E-state index contributed by atoms with van der Waals surface area (Å²) in [5.74, 6) is 0.830. The molecule has 1 aliphatic heterocycles. The summed E-state index contributed by atoms with van der Waals surface area (Å²) in [5, 5.41) is 10.5. The minimum absolute atomic E-state index is 0.0910. The molecular formula is C22H27NO2. The quantitative estimate of drug-likeness (QED) is 0.864. The second-order valence-corrected chi connectivity index (χ2v) is 7.75. The summed E-state index contributed by atoms with van der Waals surface area (Å²) in [7, 11) is 0. The van der Waals surface area contributed by atoms with Crippen molar-refractivity contribution in [3.8, 4) is 5.75 Å². The molecule has 1 aliphatic rings. The molecule has 0 saturated heterocycles. The highest BCUT2D eigenvalue weighted by atomic mass is 16.3. The maximum absolute atomic E-state index is 13.0. The third kappa shape index (κ3) is 3.55. The minimum atomic E-state index is -0.0910. The van der Waals surface area contributed by atoms with Gasteiger partial charge in [-0.05, 0) is 52.6 Å². The Kier molecular flexibility index (Phi) is 4.85. The lowest BCUT2D eigenvalue weighted by atomic mass is 9.89. The number of carbonyl (C=O) groups excluding carboxylic acids is 1. The van der Waals surface area contributed by atoms with E-state index in [-0.39, 0.29) is 11.7 Å². The standard InChI is InChI=1S/C22H27NO2/c1-14(2)9-18-10-21(24)20(11-19(18)15(3)4)22(25)23-12-16-7-5-6-8-17(16)13-23/h5-8,10-11,14-15,24H,9,12-13H2,1-4H3. The van der Waals surface area contributed by atoms with Gasteiger partial charge in [-0.15, -0.1) is 0 Å². The minimum Gasteiger partial charge on any atom is -0.507 e. The van der Waals surface area contributed by atoms with E-state index in [1.165, 1.54) is 11.1 Å². The van der Waals surface area contributed by atoms with Crippen molar-refractivity contribution in [3.05, 3.63) is 64.2 Å². The number of amides is 1. The van der Waals surface area contributed by atoms with Crippen LogP contribution in [0.3, 0.4) is 0 Å². The van der Waals surface area contributed by atoms with Crippen molar-refractivity contribution in [2.45, 2.75) is 53.1 Å². The average Bonchev–Trinajstić information content (AvgIpc) is 2.97. The van der Waals surface area contributed by atoms with Gasteiger partial charge in [0.15, 0.2) is 0 Å². The van der Waals surface area contributed by atoms with Crippen LogP contribution in [0.15, 0.2) is 36.4 Å². The van der Waals surface area contributed by atoms with E-state index in [4.69, 9.17) is 0 Å². The van der Waals surface area contributed by atoms with Crippen LogP contribution < -0.4 is 0 Å². The van der Waals surface area contributed by atoms with E-state index < -0.39 is 0 Å². The van der Waals surface area contributed by atoms with E-state index in [2.05, 4.69) is 39.8 Å². The fourth-order valence-corrected chi connectivity index (χ4v) is 3.62. The molecule has 3 heteroatoms. The van der Waals surface area contributed by atoms with Gasteiger partial charge in [0, 0.05) is 13.1 Å². The summed E-state index contributed by atoms with van der Waals surface area (Å²) in [6, 6.07) is 11.8. The van der Waals surface area contributed by atoms with Gasteiger partial charge in [-0.2, -0.15) is 0 Å². The van der Waals surface area contributed by atoms with Crippen LogP contribution in [0.4, 0.5) is 0 Å². The third-order valence-corrected chi connectivity index (χ3v) is 4.87. The van der Waals surface area contributed by atoms with Crippen molar-refractivity contribution in [2.24, 2.45) is 5.92 Å². The second-order valence-electron chi connectivity index (χ2n) is 7.75. The lowest BCUT2D eigenvalue weighted by molar-refractivity contribution is 0.0748. The summed E-state index contributed by atoms with van der Waals surface area (Å²) in [6.07, 6.45) is 0.907. The predicted molar refractivity (Wildman–Crippen MR) is 101 cm³/mol. The van der Waals surface area contributed by atoms with Crippen LogP contribution in [0.25, 0.3) is 0 Å². The van der Waals surface area contributed by atoms with Gasteiger partial charge in [-0.3, -0.25) is 4.79 Å². The number of carbonyl (C=O) groups is 1. The summed E-state index contributed by atoms with van der Waals surface area (Å²) >= 11 is 0. The molecule has 132 valence electrons. The monoisotopic (exact) mass is 337 g/mol. The molecule has 0 atom stereocenters. The molecule has 0 radical (unpaired) electrons. The number of aromatic hydroxyl groups is 1. The normalized spacial score (nSPS) is 13.6. The molecule has 1 N–H and O–H groups in total. The highest BCUT2D eigenvalue weighted by Gasteiger charge is 2.26. The largest absolute Gasteiger partial charge is 0.507 e. The van der Waals surface area contributed by atoms with Crippen molar-refractivity contribution in [3.63, 3.8) is 0 Å². The molecule has 2 aromatic carbocycles. The second kappa shape index (κ2) is 6.91. The Labute approximate surface area is 150 Å². The van der Waals surface area contributed by atoms with Crippen molar-refractivity contribution < 1.29 is 9.90 Å². The Morgan fingerprint density at radius 2 is 1.68 bits per heavy atom. The van der Waals surface area contributed by atoms with Crippen molar-refractivity contribution >= 4 is 5.91 Å². The molecule has 1 amide bonds. The Bertz CT molecular complexity index is 768. The molecule has 0 aromatic heterocycles. The zero-order valence-electron chi connectivity index (χ0n) is 15.5. The van der Waals surface area contributed by atoms with Crippen molar-refractivity contribution in [2.75, 3.05) is 0 Å². The van der Waals surface area contributed by atoms with Crippen molar-refractivity contribution in [1.82, 2.24) is 4.90 Å². The Balaban J connectivity index is 1.92. The first-order valence-electron chi connectivity index (χ1n) is 9.08. The molecule has 3 rings (SSSR count). The van der Waals surface area contributed by atoms with Gasteiger partial charge >= 0.3 is 0 Å². The van der Waals surface area contributed by atoms with Crippen LogP contribution in [-0.4, -0.2) is 15.9 Å². The Hall–Kier alpha value is -2.29. The number of phenolic OH excluding ortho intramolecular Hbond substituents is 1. The molecule has 0 fully saturated rings. The number of nitrogens with zero attached hydrogens (tertiary/aromatic N) is 1. The molecule has 1 heterocycles. The van der Waals surface area contributed by atoms with Gasteiger partial charge in [0.25, 0.3) is 5.91 Å². The smallest absolute Gasteiger partial charge is 0.258 e. The SMILES string of the molecule is CC(C)Cc1cc(O)c(C(=O)N2Cc3ccccc3C2)cc1C(C)C. The number of phenols is 1. The fourth-order valence-electron chi connectivity index (χ4n) is 3.62. The van der Waals surface area contributed by atoms with E-state index in [1.807, 2.05) is 23.1 Å². The van der Waals surface area contributed by atoms with Crippen molar-refractivity contribution in [1.29, 1.82) is 0 Å². The van der Waals surface area contributed by atoms with E-state index in [9.17, 15) is 9.90 Å². The van der Waals surface area contributed by atoms with E-state index in [0.717, 1.165) is 17.5 Å². The summed E-state index contributed by atoms with van der Waals surface area (Å²) in [4.78, 5) is 14.8. The first-order chi connectivity index (χ1) is 11.9. The first-order valence-corrected chi connectivity index (χ1v) is 9.08. The number of hydrogen-bond donors (Lipinski definition) is 1. The number of fused-ring (bicyclic) bond motifs is 1. The molecule has 0 spiro atoms. The molecule has 2 aromatic rings. The fraction of sp³-hybridized carbons (Fsp3) is 0.409. The summed E-state index contributed by atoms with van der Waals surface area (Å²) in [6.45, 7) is 9.83. The number of rotatable bonds is 4. The van der Waals surface area contributed by atoms with Gasteiger partial charge in [0.1, 0.15) is 5.75 Å². The van der Waals surface area contributed by atoms with E-state index in [0.29, 0.717) is 30.5 Å². The maximum Gasteiger partial charge on any atom is 0.258 e. The van der Waals surface area contributed by atoms with Gasteiger partial charge < -0.3 is 10.0 Å². The Morgan fingerprint density at radius 3 is 2.20 bits per heavy atom. The predicted octanol–water partition coefficient (Wildman–Crippen LogP) is 4.87. The van der Waals surface area contributed by atoms with Crippen LogP contribution in [-0.2, 0) is 19.5 Å². The molecule has 0 bridgehead atoms. The number of hydrogen-bond acceptors (Lipinski definition) is 2. The van der Waals surface area contributed by atoms with Gasteiger partial charge in [0.05, 0.1) is 5.56 Å². The van der Waals surface area contributed by atoms with E-state index >= 15 is 0 Å². The lowest BCUT2D eigenvalue weighted by Gasteiger charge is -2.20. The average molecular weight is 337 g/mol. The zero-order chi connectivity index (χ0) is 18.1. The topological polar surface area (TPSA) is 40.5 Å². The summed E-state index contributed by atoms with van der Waals surface area (Å²) < 4.78 is 0. The highest BCUT2D eigenvalue weighted by molar-refractivity contribution is 5.97. The lowest BCUT2D eigenvalue weighted by Crippen LogP contribution is -2.25.